The molecule has 0 saturated heterocycles. The van der Waals surface area contributed by atoms with E-state index >= 15 is 0 Å². The molecule has 5 heteroatoms. The summed E-state index contributed by atoms with van der Waals surface area (Å²) in [5, 5.41) is 2.49. The number of carbonyl (C=O) groups excluding carboxylic acids is 1. The van der Waals surface area contributed by atoms with Gasteiger partial charge in [-0.05, 0) is 34.5 Å². The molecular formula is C25H25N3OS. The zero-order chi connectivity index (χ0) is 21.1. The number of carbonyl (C=O) groups is 1. The normalized spacial score (nSPS) is 15.7. The molecule has 30 heavy (non-hydrogen) atoms. The van der Waals surface area contributed by atoms with Crippen molar-refractivity contribution in [3.8, 4) is 0 Å². The second-order valence-corrected chi connectivity index (χ2v) is 8.12. The van der Waals surface area contributed by atoms with Crippen LogP contribution in [0.15, 0.2) is 84.9 Å². The topological polar surface area (TPSA) is 35.6 Å². The van der Waals surface area contributed by atoms with E-state index in [1.807, 2.05) is 72.5 Å². The summed E-state index contributed by atoms with van der Waals surface area (Å²) in [5.41, 5.74) is 6.44. The van der Waals surface area contributed by atoms with Crippen LogP contribution in [0.1, 0.15) is 22.3 Å². The number of Topliss-reactive ketones (excluding diaryl/α,β-unsaturated/α-hetero) is 1. The minimum absolute atomic E-state index is 0.110. The highest BCUT2D eigenvalue weighted by Gasteiger charge is 2.46. The number of nitrogens with zero attached hydrogens (tertiary/aromatic N) is 2. The molecule has 4 rings (SSSR count). The van der Waals surface area contributed by atoms with Crippen molar-refractivity contribution < 1.29 is 4.79 Å². The molecule has 0 amide bonds. The van der Waals surface area contributed by atoms with Crippen molar-refractivity contribution in [1.29, 1.82) is 0 Å². The smallest absolute Gasteiger partial charge is 0.183 e. The minimum atomic E-state index is -0.880. The lowest BCUT2D eigenvalue weighted by molar-refractivity contribution is -0.123. The number of hydrogen-bond acceptors (Lipinski definition) is 3. The zero-order valence-corrected chi connectivity index (χ0v) is 18.0. The van der Waals surface area contributed by atoms with Crippen LogP contribution >= 0.6 is 12.2 Å². The average Bonchev–Trinajstić information content (AvgIpc) is 2.88. The molecule has 0 fully saturated rings. The summed E-state index contributed by atoms with van der Waals surface area (Å²) >= 11 is 5.45. The number of hydrogen-bond donors (Lipinski definition) is 1. The fourth-order valence-electron chi connectivity index (χ4n) is 4.22. The van der Waals surface area contributed by atoms with Crippen LogP contribution in [0.2, 0.25) is 0 Å². The van der Waals surface area contributed by atoms with Gasteiger partial charge in [0.1, 0.15) is 5.41 Å². The second kappa shape index (κ2) is 8.38. The molecule has 1 heterocycles. The molecule has 3 aromatic carbocycles. The van der Waals surface area contributed by atoms with Crippen LogP contribution in [0.25, 0.3) is 0 Å². The van der Waals surface area contributed by atoms with E-state index in [0.29, 0.717) is 11.7 Å². The molecular weight excluding hydrogens is 390 g/mol. The summed E-state index contributed by atoms with van der Waals surface area (Å²) in [5.74, 6) is 0.110. The lowest BCUT2D eigenvalue weighted by Gasteiger charge is -2.34. The summed E-state index contributed by atoms with van der Waals surface area (Å²) in [6, 6.07) is 28.4. The quantitative estimate of drug-likeness (QED) is 0.659. The van der Waals surface area contributed by atoms with Crippen molar-refractivity contribution in [3.63, 3.8) is 0 Å². The highest BCUT2D eigenvalue weighted by molar-refractivity contribution is 7.80. The third-order valence-electron chi connectivity index (χ3n) is 5.61. The van der Waals surface area contributed by atoms with E-state index in [0.717, 1.165) is 22.3 Å². The molecule has 3 aromatic rings. The highest BCUT2D eigenvalue weighted by atomic mass is 32.1. The molecule has 0 radical (unpaired) electrons. The number of fused-ring (bicyclic) bond motifs is 1. The first-order chi connectivity index (χ1) is 14.5. The van der Waals surface area contributed by atoms with Gasteiger partial charge in [-0.25, -0.2) is 5.01 Å². The number of rotatable bonds is 3. The standard InChI is InChI=1S/C25H25N3OS/c1-27(2)24(30)26-28-17-19-11-9-10-16-22(19)25(23(29)18-28,20-12-5-3-6-13-20)21-14-7-4-8-15-21/h3-16H,17-18H2,1-2H3,(H,26,30). The van der Waals surface area contributed by atoms with Crippen LogP contribution in [-0.4, -0.2) is 41.4 Å². The van der Waals surface area contributed by atoms with Crippen molar-refractivity contribution in [1.82, 2.24) is 15.3 Å². The first-order valence-corrected chi connectivity index (χ1v) is 10.4. The van der Waals surface area contributed by atoms with Crippen molar-refractivity contribution in [3.05, 3.63) is 107 Å². The van der Waals surface area contributed by atoms with Crippen molar-refractivity contribution >= 4 is 23.1 Å². The fraction of sp³-hybridized carbons (Fsp3) is 0.200. The molecule has 0 atom stereocenters. The molecule has 0 aliphatic carbocycles. The summed E-state index contributed by atoms with van der Waals surface area (Å²) in [6.45, 7) is 0.809. The van der Waals surface area contributed by atoms with Crippen molar-refractivity contribution in [2.75, 3.05) is 20.6 Å². The third-order valence-corrected chi connectivity index (χ3v) is 6.07. The maximum Gasteiger partial charge on any atom is 0.183 e. The number of thiocarbonyl (C=S) groups is 1. The third kappa shape index (κ3) is 3.51. The Labute approximate surface area is 183 Å². The molecule has 1 aliphatic heterocycles. The Morgan fingerprint density at radius 2 is 1.40 bits per heavy atom. The van der Waals surface area contributed by atoms with E-state index in [-0.39, 0.29) is 12.3 Å². The molecule has 0 bridgehead atoms. The Bertz CT molecular complexity index is 1010. The van der Waals surface area contributed by atoms with Gasteiger partial charge in [-0.15, -0.1) is 0 Å². The van der Waals surface area contributed by atoms with E-state index in [1.165, 1.54) is 0 Å². The van der Waals surface area contributed by atoms with Gasteiger partial charge in [0, 0.05) is 20.6 Å². The van der Waals surface area contributed by atoms with Crippen LogP contribution < -0.4 is 5.43 Å². The molecule has 152 valence electrons. The SMILES string of the molecule is CN(C)C(=S)NN1CC(=O)C(c2ccccc2)(c2ccccc2)c2ccccc2C1. The Kier molecular flexibility index (Phi) is 5.66. The second-order valence-electron chi connectivity index (χ2n) is 7.73. The predicted octanol–water partition coefficient (Wildman–Crippen LogP) is 3.76. The molecule has 0 aromatic heterocycles. The van der Waals surface area contributed by atoms with Gasteiger partial charge in [-0.3, -0.25) is 10.2 Å². The first-order valence-electron chi connectivity index (χ1n) is 9.99. The van der Waals surface area contributed by atoms with E-state index < -0.39 is 5.41 Å². The van der Waals surface area contributed by atoms with Gasteiger partial charge < -0.3 is 4.90 Å². The number of benzene rings is 3. The largest absolute Gasteiger partial charge is 0.354 e. The maximum absolute atomic E-state index is 14.1. The van der Waals surface area contributed by atoms with E-state index in [9.17, 15) is 4.79 Å². The Balaban J connectivity index is 1.94. The average molecular weight is 416 g/mol. The van der Waals surface area contributed by atoms with Crippen LogP contribution in [0.5, 0.6) is 0 Å². The molecule has 0 spiro atoms. The molecule has 4 nitrogen and oxygen atoms in total. The predicted molar refractivity (Wildman–Crippen MR) is 124 cm³/mol. The number of nitrogens with one attached hydrogen (secondary N) is 1. The van der Waals surface area contributed by atoms with Gasteiger partial charge in [0.25, 0.3) is 0 Å². The Morgan fingerprint density at radius 3 is 1.97 bits per heavy atom. The van der Waals surface area contributed by atoms with Crippen LogP contribution in [0.3, 0.4) is 0 Å². The highest BCUT2D eigenvalue weighted by Crippen LogP contribution is 2.43. The van der Waals surface area contributed by atoms with Gasteiger partial charge in [0.05, 0.1) is 6.54 Å². The van der Waals surface area contributed by atoms with Crippen LogP contribution in [0.4, 0.5) is 0 Å². The summed E-state index contributed by atoms with van der Waals surface area (Å²) < 4.78 is 0. The summed E-state index contributed by atoms with van der Waals surface area (Å²) in [4.78, 5) is 16.0. The fourth-order valence-corrected chi connectivity index (χ4v) is 4.35. The minimum Gasteiger partial charge on any atom is -0.354 e. The zero-order valence-electron chi connectivity index (χ0n) is 17.2. The maximum atomic E-state index is 14.1. The molecule has 0 unspecified atom stereocenters. The van der Waals surface area contributed by atoms with Crippen LogP contribution in [-0.2, 0) is 16.8 Å². The van der Waals surface area contributed by atoms with Crippen molar-refractivity contribution in [2.45, 2.75) is 12.0 Å². The molecule has 1 N–H and O–H groups in total. The van der Waals surface area contributed by atoms with E-state index in [2.05, 4.69) is 41.8 Å². The first kappa shape index (κ1) is 20.3. The van der Waals surface area contributed by atoms with Gasteiger partial charge in [0.15, 0.2) is 10.9 Å². The number of ketones is 1. The molecule has 0 saturated carbocycles. The number of hydrazine groups is 1. The van der Waals surface area contributed by atoms with Gasteiger partial charge in [-0.1, -0.05) is 84.9 Å². The van der Waals surface area contributed by atoms with E-state index in [1.54, 1.807) is 0 Å². The van der Waals surface area contributed by atoms with Crippen LogP contribution in [0, 0.1) is 0 Å². The lowest BCUT2D eigenvalue weighted by Crippen LogP contribution is -2.50. The van der Waals surface area contributed by atoms with Gasteiger partial charge in [0.2, 0.25) is 0 Å². The Hall–Kier alpha value is -3.02. The van der Waals surface area contributed by atoms with E-state index in [4.69, 9.17) is 12.2 Å². The van der Waals surface area contributed by atoms with Gasteiger partial charge in [-0.2, -0.15) is 0 Å². The molecule has 1 aliphatic rings. The lowest BCUT2D eigenvalue weighted by atomic mass is 9.66. The Morgan fingerprint density at radius 1 is 0.867 bits per heavy atom. The van der Waals surface area contributed by atoms with Crippen molar-refractivity contribution in [2.24, 2.45) is 0 Å². The summed E-state index contributed by atoms with van der Waals surface area (Å²) in [7, 11) is 3.78. The summed E-state index contributed by atoms with van der Waals surface area (Å²) in [6.07, 6.45) is 0. The van der Waals surface area contributed by atoms with Gasteiger partial charge >= 0.3 is 0 Å². The monoisotopic (exact) mass is 415 g/mol.